The van der Waals surface area contributed by atoms with E-state index in [9.17, 15) is 20.2 Å². The first-order valence-electron chi connectivity index (χ1n) is 8.95. The minimum atomic E-state index is -2.01. The van der Waals surface area contributed by atoms with Crippen LogP contribution in [0.2, 0.25) is 0 Å². The first-order valence-corrected chi connectivity index (χ1v) is 8.95. The van der Waals surface area contributed by atoms with Crippen LogP contribution in [0, 0.1) is 62.0 Å². The monoisotopic (exact) mass is 364 g/mol. The molecule has 1 aliphatic carbocycles. The van der Waals surface area contributed by atoms with Gasteiger partial charge in [0.15, 0.2) is 5.41 Å². The molecule has 0 radical (unpaired) electrons. The van der Waals surface area contributed by atoms with Crippen LogP contribution in [0.4, 0.5) is 4.39 Å². The lowest BCUT2D eigenvalue weighted by atomic mass is 9.52. The van der Waals surface area contributed by atoms with Crippen molar-refractivity contribution in [1.82, 2.24) is 0 Å². The van der Waals surface area contributed by atoms with Crippen LogP contribution < -0.4 is 0 Å². The van der Waals surface area contributed by atoms with Gasteiger partial charge in [-0.1, -0.05) is 25.0 Å². The lowest BCUT2D eigenvalue weighted by Gasteiger charge is -2.49. The molecule has 6 nitrogen and oxygen atoms in total. The van der Waals surface area contributed by atoms with Gasteiger partial charge in [0.25, 0.3) is 0 Å². The minimum Gasteiger partial charge on any atom is -0.447 e. The van der Waals surface area contributed by atoms with Crippen LogP contribution in [0.1, 0.15) is 43.8 Å². The smallest absolute Gasteiger partial charge is 0.217 e. The van der Waals surface area contributed by atoms with Crippen molar-refractivity contribution in [1.29, 1.82) is 21.2 Å². The predicted molar refractivity (Wildman–Crippen MR) is 90.0 cm³/mol. The molecule has 136 valence electrons. The van der Waals surface area contributed by atoms with Gasteiger partial charge in [-0.05, 0) is 30.5 Å². The summed E-state index contributed by atoms with van der Waals surface area (Å²) in [5.74, 6) is -2.75. The second kappa shape index (κ2) is 5.78. The number of nitrogens with zero attached hydrogens (tertiary/aromatic N) is 3. The molecule has 27 heavy (non-hydrogen) atoms. The van der Waals surface area contributed by atoms with E-state index >= 15 is 0 Å². The highest BCUT2D eigenvalue weighted by Gasteiger charge is 2.80. The Morgan fingerprint density at radius 2 is 1.89 bits per heavy atom. The van der Waals surface area contributed by atoms with E-state index in [0.29, 0.717) is 12.8 Å². The molecule has 0 aromatic heterocycles. The van der Waals surface area contributed by atoms with Crippen LogP contribution in [0.15, 0.2) is 24.3 Å². The molecule has 2 aliphatic heterocycles. The number of benzene rings is 1. The fourth-order valence-electron chi connectivity index (χ4n) is 5.01. The predicted octanol–water partition coefficient (Wildman–Crippen LogP) is 3.72. The highest BCUT2D eigenvalue weighted by molar-refractivity contribution is 5.89. The van der Waals surface area contributed by atoms with E-state index < -0.39 is 34.5 Å². The van der Waals surface area contributed by atoms with Gasteiger partial charge in [0.1, 0.15) is 11.9 Å². The zero-order valence-electron chi connectivity index (χ0n) is 14.5. The Hall–Kier alpha value is -2.95. The van der Waals surface area contributed by atoms with Gasteiger partial charge < -0.3 is 9.47 Å². The third-order valence-corrected chi connectivity index (χ3v) is 6.22. The van der Waals surface area contributed by atoms with Crippen molar-refractivity contribution in [2.24, 2.45) is 16.7 Å². The van der Waals surface area contributed by atoms with Gasteiger partial charge in [0.05, 0.1) is 24.1 Å². The van der Waals surface area contributed by atoms with Crippen molar-refractivity contribution in [3.8, 4) is 18.2 Å². The number of hydrogen-bond donors (Lipinski definition) is 1. The van der Waals surface area contributed by atoms with Gasteiger partial charge in [0, 0.05) is 6.42 Å². The number of rotatable bonds is 1. The number of nitriles is 3. The van der Waals surface area contributed by atoms with Crippen molar-refractivity contribution in [2.75, 3.05) is 0 Å². The summed E-state index contributed by atoms with van der Waals surface area (Å²) >= 11 is 0. The Morgan fingerprint density at radius 3 is 2.56 bits per heavy atom. The number of halogens is 1. The number of hydrogen-bond acceptors (Lipinski definition) is 6. The van der Waals surface area contributed by atoms with E-state index in [2.05, 4.69) is 6.07 Å². The summed E-state index contributed by atoms with van der Waals surface area (Å²) in [5.41, 5.74) is -3.48. The molecule has 7 heteroatoms. The average Bonchev–Trinajstić information content (AvgIpc) is 2.80. The lowest BCUT2D eigenvalue weighted by Crippen LogP contribution is -2.59. The molecule has 4 atom stereocenters. The van der Waals surface area contributed by atoms with Gasteiger partial charge in [-0.25, -0.2) is 4.39 Å². The summed E-state index contributed by atoms with van der Waals surface area (Å²) in [4.78, 5) is 0. The zero-order valence-corrected chi connectivity index (χ0v) is 14.5. The van der Waals surface area contributed by atoms with Gasteiger partial charge in [-0.15, -0.1) is 0 Å². The largest absolute Gasteiger partial charge is 0.447 e. The normalized spacial score (nSPS) is 36.3. The van der Waals surface area contributed by atoms with Gasteiger partial charge in [-0.2, -0.15) is 15.8 Å². The van der Waals surface area contributed by atoms with Crippen LogP contribution in [0.25, 0.3) is 0 Å². The van der Waals surface area contributed by atoms with Crippen LogP contribution in [-0.2, 0) is 9.47 Å². The Labute approximate surface area is 156 Å². The molecule has 2 heterocycles. The minimum absolute atomic E-state index is 0.290. The third-order valence-electron chi connectivity index (χ3n) is 6.22. The third kappa shape index (κ3) is 1.97. The second-order valence-electron chi connectivity index (χ2n) is 7.40. The SMILES string of the molecule is N#CC1(C#N)[C@H](c2cccc(F)c2)O[C@@]23CCCCC[C@@H]2[C@@]1(C#N)C(=N)O3. The van der Waals surface area contributed by atoms with Crippen LogP contribution in [0.3, 0.4) is 0 Å². The van der Waals surface area contributed by atoms with Crippen LogP contribution >= 0.6 is 0 Å². The molecule has 1 aromatic rings. The van der Waals surface area contributed by atoms with E-state index in [1.54, 1.807) is 6.07 Å². The molecule has 3 fully saturated rings. The molecule has 4 rings (SSSR count). The topological polar surface area (TPSA) is 114 Å². The van der Waals surface area contributed by atoms with E-state index in [0.717, 1.165) is 19.3 Å². The van der Waals surface area contributed by atoms with Gasteiger partial charge >= 0.3 is 0 Å². The lowest BCUT2D eigenvalue weighted by molar-refractivity contribution is -0.285. The zero-order chi connectivity index (χ0) is 19.3. The summed E-state index contributed by atoms with van der Waals surface area (Å²) < 4.78 is 26.0. The van der Waals surface area contributed by atoms with E-state index in [1.807, 2.05) is 12.1 Å². The molecule has 0 amide bonds. The Morgan fingerprint density at radius 1 is 1.11 bits per heavy atom. The maximum atomic E-state index is 13.9. The fourth-order valence-corrected chi connectivity index (χ4v) is 5.01. The molecule has 1 N–H and O–H groups in total. The first-order chi connectivity index (χ1) is 13.0. The molecular weight excluding hydrogens is 347 g/mol. The first kappa shape index (κ1) is 17.5. The summed E-state index contributed by atoms with van der Waals surface area (Å²) in [6.45, 7) is 0. The molecular formula is C20H17FN4O2. The van der Waals surface area contributed by atoms with E-state index in [1.165, 1.54) is 18.2 Å². The Balaban J connectivity index is 2.01. The molecule has 2 bridgehead atoms. The van der Waals surface area contributed by atoms with Crippen LogP contribution in [0.5, 0.6) is 0 Å². The highest BCUT2D eigenvalue weighted by Crippen LogP contribution is 2.68. The summed E-state index contributed by atoms with van der Waals surface area (Å²) in [7, 11) is 0. The van der Waals surface area contributed by atoms with Crippen molar-refractivity contribution in [3.63, 3.8) is 0 Å². The summed E-state index contributed by atoms with van der Waals surface area (Å²) in [6, 6.07) is 11.6. The number of nitrogens with one attached hydrogen (secondary N) is 1. The molecule has 2 saturated heterocycles. The van der Waals surface area contributed by atoms with Crippen LogP contribution in [-0.4, -0.2) is 11.7 Å². The number of ether oxygens (including phenoxy) is 2. The quantitative estimate of drug-likeness (QED) is 0.815. The molecule has 1 aromatic carbocycles. The standard InChI is InChI=1S/C20H17FN4O2/c21-14-6-4-5-13(9-14)16-18(10-22,11-23)19(12-24)15-7-2-1-3-8-20(15,26-16)27-17(19)25/h4-6,9,15-16,25H,1-3,7-8H2/t15-,16+,19+,20-/m1/s1. The maximum absolute atomic E-state index is 13.9. The molecule has 0 spiro atoms. The Bertz CT molecular complexity index is 929. The van der Waals surface area contributed by atoms with Crippen molar-refractivity contribution < 1.29 is 13.9 Å². The fraction of sp³-hybridized carbons (Fsp3) is 0.500. The molecule has 1 saturated carbocycles. The van der Waals surface area contributed by atoms with Gasteiger partial charge in [0.2, 0.25) is 17.1 Å². The van der Waals surface area contributed by atoms with Crippen molar-refractivity contribution >= 4 is 5.90 Å². The summed E-state index contributed by atoms with van der Waals surface area (Å²) in [5, 5.41) is 38.8. The maximum Gasteiger partial charge on any atom is 0.217 e. The summed E-state index contributed by atoms with van der Waals surface area (Å²) in [6.07, 6.45) is 2.29. The Kier molecular flexibility index (Phi) is 3.74. The highest BCUT2D eigenvalue weighted by atomic mass is 19.1. The van der Waals surface area contributed by atoms with Crippen molar-refractivity contribution in [3.05, 3.63) is 35.6 Å². The van der Waals surface area contributed by atoms with E-state index in [-0.39, 0.29) is 11.5 Å². The molecule has 0 unspecified atom stereocenters. The second-order valence-corrected chi connectivity index (χ2v) is 7.40. The van der Waals surface area contributed by atoms with E-state index in [4.69, 9.17) is 14.9 Å². The van der Waals surface area contributed by atoms with Gasteiger partial charge in [-0.3, -0.25) is 5.41 Å². The average molecular weight is 364 g/mol. The molecule has 3 aliphatic rings. The van der Waals surface area contributed by atoms with Crippen molar-refractivity contribution in [2.45, 2.75) is 44.0 Å².